The molecule has 0 N–H and O–H groups in total. The molecule has 0 bridgehead atoms. The molecule has 2 aromatic carbocycles. The lowest BCUT2D eigenvalue weighted by molar-refractivity contribution is 0.234. The fourth-order valence-corrected chi connectivity index (χ4v) is 2.18. The number of benzene rings is 2. The molecule has 0 unspecified atom stereocenters. The Morgan fingerprint density at radius 1 is 0.600 bits per heavy atom. The van der Waals surface area contributed by atoms with Crippen LogP contribution in [0.2, 0.25) is 0 Å². The van der Waals surface area contributed by atoms with Crippen LogP contribution in [0.15, 0.2) is 61.1 Å². The van der Waals surface area contributed by atoms with Gasteiger partial charge < -0.3 is 9.47 Å². The SMILES string of the molecule is C1=Cc2ccccc2CO1.C1=Cc2ccccc2CO1. The van der Waals surface area contributed by atoms with Gasteiger partial charge in [-0.1, -0.05) is 48.5 Å². The monoisotopic (exact) mass is 264 g/mol. The van der Waals surface area contributed by atoms with Gasteiger partial charge in [0.25, 0.3) is 0 Å². The first-order chi connectivity index (χ1) is 9.93. The van der Waals surface area contributed by atoms with Gasteiger partial charge in [-0.25, -0.2) is 0 Å². The molecule has 0 radical (unpaired) electrons. The van der Waals surface area contributed by atoms with Crippen molar-refractivity contribution in [3.63, 3.8) is 0 Å². The summed E-state index contributed by atoms with van der Waals surface area (Å²) in [7, 11) is 0. The topological polar surface area (TPSA) is 18.5 Å². The third-order valence-electron chi connectivity index (χ3n) is 3.28. The Labute approximate surface area is 119 Å². The minimum absolute atomic E-state index is 0.715. The first-order valence-corrected chi connectivity index (χ1v) is 6.65. The Bertz CT molecular complexity index is 584. The smallest absolute Gasteiger partial charge is 0.113 e. The van der Waals surface area contributed by atoms with Crippen molar-refractivity contribution in [2.45, 2.75) is 13.2 Å². The first kappa shape index (κ1) is 12.5. The molecular weight excluding hydrogens is 248 g/mol. The second-order valence-corrected chi connectivity index (χ2v) is 4.63. The summed E-state index contributed by atoms with van der Waals surface area (Å²) in [4.78, 5) is 0. The van der Waals surface area contributed by atoms with Crippen molar-refractivity contribution in [1.82, 2.24) is 0 Å². The van der Waals surface area contributed by atoms with Gasteiger partial charge in [0.05, 0.1) is 12.5 Å². The highest BCUT2D eigenvalue weighted by molar-refractivity contribution is 5.54. The average Bonchev–Trinajstić information content (AvgIpc) is 2.56. The summed E-state index contributed by atoms with van der Waals surface area (Å²) in [5, 5.41) is 0. The second kappa shape index (κ2) is 6.11. The quantitative estimate of drug-likeness (QED) is 0.703. The van der Waals surface area contributed by atoms with Crippen molar-refractivity contribution in [1.29, 1.82) is 0 Å². The van der Waals surface area contributed by atoms with Crippen molar-refractivity contribution in [2.24, 2.45) is 0 Å². The Hall–Kier alpha value is -2.48. The molecule has 2 aliphatic rings. The predicted molar refractivity (Wildman–Crippen MR) is 80.5 cm³/mol. The largest absolute Gasteiger partial charge is 0.496 e. The summed E-state index contributed by atoms with van der Waals surface area (Å²) in [6.45, 7) is 1.43. The van der Waals surface area contributed by atoms with Crippen molar-refractivity contribution in [2.75, 3.05) is 0 Å². The van der Waals surface area contributed by atoms with Crippen LogP contribution in [0.3, 0.4) is 0 Å². The third kappa shape index (κ3) is 2.91. The summed E-state index contributed by atoms with van der Waals surface area (Å²) in [6, 6.07) is 16.5. The summed E-state index contributed by atoms with van der Waals surface area (Å²) in [5.41, 5.74) is 5.08. The van der Waals surface area contributed by atoms with E-state index >= 15 is 0 Å². The number of ether oxygens (including phenoxy) is 2. The lowest BCUT2D eigenvalue weighted by atomic mass is 10.1. The average molecular weight is 264 g/mol. The number of hydrogen-bond donors (Lipinski definition) is 0. The van der Waals surface area contributed by atoms with Gasteiger partial charge >= 0.3 is 0 Å². The van der Waals surface area contributed by atoms with Gasteiger partial charge in [0, 0.05) is 0 Å². The molecule has 4 rings (SSSR count). The van der Waals surface area contributed by atoms with E-state index in [0.717, 1.165) is 0 Å². The molecule has 2 aliphatic heterocycles. The van der Waals surface area contributed by atoms with Crippen molar-refractivity contribution < 1.29 is 9.47 Å². The zero-order chi connectivity index (χ0) is 13.6. The highest BCUT2D eigenvalue weighted by Gasteiger charge is 2.01. The van der Waals surface area contributed by atoms with E-state index in [9.17, 15) is 0 Å². The predicted octanol–water partition coefficient (Wildman–Crippen LogP) is 4.38. The van der Waals surface area contributed by atoms with Crippen LogP contribution < -0.4 is 0 Å². The van der Waals surface area contributed by atoms with Crippen LogP contribution in [0, 0.1) is 0 Å². The van der Waals surface area contributed by atoms with Gasteiger partial charge in [0.1, 0.15) is 13.2 Å². The molecule has 0 fully saturated rings. The Kier molecular flexibility index (Phi) is 3.83. The van der Waals surface area contributed by atoms with Gasteiger partial charge in [-0.2, -0.15) is 0 Å². The summed E-state index contributed by atoms with van der Waals surface area (Å²) < 4.78 is 10.2. The maximum atomic E-state index is 5.12. The molecule has 0 aromatic heterocycles. The number of rotatable bonds is 0. The second-order valence-electron chi connectivity index (χ2n) is 4.63. The molecule has 2 heteroatoms. The van der Waals surface area contributed by atoms with E-state index in [-0.39, 0.29) is 0 Å². The van der Waals surface area contributed by atoms with Crippen LogP contribution in [-0.4, -0.2) is 0 Å². The number of fused-ring (bicyclic) bond motifs is 2. The fourth-order valence-electron chi connectivity index (χ4n) is 2.18. The molecule has 0 saturated heterocycles. The third-order valence-corrected chi connectivity index (χ3v) is 3.28. The molecule has 2 nitrogen and oxygen atoms in total. The Morgan fingerprint density at radius 2 is 1.05 bits per heavy atom. The van der Waals surface area contributed by atoms with E-state index in [1.807, 2.05) is 36.4 Å². The molecule has 2 aromatic rings. The van der Waals surface area contributed by atoms with E-state index in [0.29, 0.717) is 13.2 Å². The first-order valence-electron chi connectivity index (χ1n) is 6.65. The molecule has 20 heavy (non-hydrogen) atoms. The molecule has 0 atom stereocenters. The molecule has 2 heterocycles. The van der Waals surface area contributed by atoms with Crippen LogP contribution in [0.5, 0.6) is 0 Å². The standard InChI is InChI=1S/2C9H8O/c2*1-2-4-9-7-10-6-5-8(9)3-1/h2*1-6H,7H2. The fraction of sp³-hybridized carbons (Fsp3) is 0.111. The van der Waals surface area contributed by atoms with E-state index in [1.165, 1.54) is 22.3 Å². The minimum atomic E-state index is 0.715. The zero-order valence-corrected chi connectivity index (χ0v) is 11.2. The van der Waals surface area contributed by atoms with E-state index in [1.54, 1.807) is 12.5 Å². The normalized spacial score (nSPS) is 14.0. The maximum absolute atomic E-state index is 5.12. The molecule has 0 saturated carbocycles. The molecule has 0 aliphatic carbocycles. The highest BCUT2D eigenvalue weighted by Crippen LogP contribution is 2.16. The van der Waals surface area contributed by atoms with Crippen LogP contribution in [0.25, 0.3) is 12.2 Å². The lowest BCUT2D eigenvalue weighted by Gasteiger charge is -2.09. The van der Waals surface area contributed by atoms with Crippen LogP contribution >= 0.6 is 0 Å². The molecule has 100 valence electrons. The van der Waals surface area contributed by atoms with Gasteiger partial charge in [0.15, 0.2) is 0 Å². The summed E-state index contributed by atoms with van der Waals surface area (Å²) in [5.74, 6) is 0. The minimum Gasteiger partial charge on any atom is -0.496 e. The van der Waals surface area contributed by atoms with E-state index in [4.69, 9.17) is 9.47 Å². The zero-order valence-electron chi connectivity index (χ0n) is 11.2. The highest BCUT2D eigenvalue weighted by atomic mass is 16.5. The van der Waals surface area contributed by atoms with Gasteiger partial charge in [-0.05, 0) is 34.4 Å². The van der Waals surface area contributed by atoms with Gasteiger partial charge in [-0.15, -0.1) is 0 Å². The van der Waals surface area contributed by atoms with E-state index in [2.05, 4.69) is 24.3 Å². The Morgan fingerprint density at radius 3 is 1.50 bits per heavy atom. The molecule has 0 spiro atoms. The van der Waals surface area contributed by atoms with Crippen LogP contribution in [0.4, 0.5) is 0 Å². The molecular formula is C18H16O2. The van der Waals surface area contributed by atoms with E-state index < -0.39 is 0 Å². The lowest BCUT2D eigenvalue weighted by Crippen LogP contribution is -1.94. The molecule has 0 amide bonds. The summed E-state index contributed by atoms with van der Waals surface area (Å²) >= 11 is 0. The summed E-state index contributed by atoms with van der Waals surface area (Å²) in [6.07, 6.45) is 7.45. The van der Waals surface area contributed by atoms with Gasteiger partial charge in [0.2, 0.25) is 0 Å². The van der Waals surface area contributed by atoms with Crippen LogP contribution in [-0.2, 0) is 22.7 Å². The van der Waals surface area contributed by atoms with Gasteiger partial charge in [-0.3, -0.25) is 0 Å². The van der Waals surface area contributed by atoms with Crippen LogP contribution in [0.1, 0.15) is 22.3 Å². The maximum Gasteiger partial charge on any atom is 0.113 e. The van der Waals surface area contributed by atoms with Crippen molar-refractivity contribution in [3.8, 4) is 0 Å². The number of hydrogen-bond acceptors (Lipinski definition) is 2. The Balaban J connectivity index is 0.000000121. The van der Waals surface area contributed by atoms with Crippen molar-refractivity contribution in [3.05, 3.63) is 83.3 Å². The van der Waals surface area contributed by atoms with Crippen molar-refractivity contribution >= 4 is 12.2 Å².